The molecule has 0 aromatic rings. The number of carbonyl (C=O) groups is 1. The van der Waals surface area contributed by atoms with E-state index in [0.29, 0.717) is 0 Å². The van der Waals surface area contributed by atoms with Crippen LogP contribution in [-0.4, -0.2) is 18.0 Å². The number of nitrogens with zero attached hydrogens (tertiary/aromatic N) is 1. The lowest BCUT2D eigenvalue weighted by atomic mass is 9.98. The fraction of sp³-hybridized carbons (Fsp3) is 0.778. The van der Waals surface area contributed by atoms with E-state index in [9.17, 15) is 4.79 Å². The van der Waals surface area contributed by atoms with Gasteiger partial charge in [0.2, 0.25) is 0 Å². The highest BCUT2D eigenvalue weighted by atomic mass is 16.1. The maximum atomic E-state index is 11.4. The minimum atomic E-state index is 0.173. The summed E-state index contributed by atoms with van der Waals surface area (Å²) in [5, 5.41) is 0. The van der Waals surface area contributed by atoms with E-state index in [-0.39, 0.29) is 11.7 Å². The summed E-state index contributed by atoms with van der Waals surface area (Å²) in [5.74, 6) is 0.442. The SMILES string of the molecule is CCC(C)C(=O)C1=NCCC1. The zero-order valence-corrected chi connectivity index (χ0v) is 7.26. The first-order valence-corrected chi connectivity index (χ1v) is 4.33. The summed E-state index contributed by atoms with van der Waals surface area (Å²) in [5.41, 5.74) is 0.833. The van der Waals surface area contributed by atoms with Crippen LogP contribution in [0.3, 0.4) is 0 Å². The molecule has 0 fully saturated rings. The van der Waals surface area contributed by atoms with Gasteiger partial charge in [-0.25, -0.2) is 0 Å². The number of ketones is 1. The molecule has 2 heteroatoms. The molecule has 1 heterocycles. The van der Waals surface area contributed by atoms with E-state index in [0.717, 1.165) is 31.5 Å². The quantitative estimate of drug-likeness (QED) is 0.608. The average Bonchev–Trinajstić information content (AvgIpc) is 2.53. The highest BCUT2D eigenvalue weighted by Gasteiger charge is 2.19. The van der Waals surface area contributed by atoms with E-state index in [2.05, 4.69) is 4.99 Å². The van der Waals surface area contributed by atoms with Gasteiger partial charge in [-0.1, -0.05) is 13.8 Å². The summed E-state index contributed by atoms with van der Waals surface area (Å²) in [6, 6.07) is 0. The van der Waals surface area contributed by atoms with Crippen LogP contribution in [0.2, 0.25) is 0 Å². The Kier molecular flexibility index (Phi) is 2.80. The smallest absolute Gasteiger partial charge is 0.179 e. The van der Waals surface area contributed by atoms with Crippen LogP contribution in [0.4, 0.5) is 0 Å². The lowest BCUT2D eigenvalue weighted by Crippen LogP contribution is -2.19. The second-order valence-corrected chi connectivity index (χ2v) is 3.11. The van der Waals surface area contributed by atoms with Gasteiger partial charge in [-0.2, -0.15) is 0 Å². The molecule has 1 unspecified atom stereocenters. The van der Waals surface area contributed by atoms with E-state index in [4.69, 9.17) is 0 Å². The first-order chi connectivity index (χ1) is 5.25. The maximum Gasteiger partial charge on any atom is 0.179 e. The largest absolute Gasteiger partial charge is 0.293 e. The standard InChI is InChI=1S/C9H15NO/c1-3-7(2)9(11)8-5-4-6-10-8/h7H,3-6H2,1-2H3. The van der Waals surface area contributed by atoms with Crippen molar-refractivity contribution in [3.8, 4) is 0 Å². The molecule has 0 spiro atoms. The Labute approximate surface area is 67.7 Å². The molecule has 62 valence electrons. The summed E-state index contributed by atoms with van der Waals surface area (Å²) in [4.78, 5) is 15.6. The Morgan fingerprint density at radius 1 is 1.73 bits per heavy atom. The number of hydrogen-bond donors (Lipinski definition) is 0. The Balaban J connectivity index is 2.53. The Bertz CT molecular complexity index is 184. The van der Waals surface area contributed by atoms with Crippen molar-refractivity contribution < 1.29 is 4.79 Å². The van der Waals surface area contributed by atoms with E-state index in [1.165, 1.54) is 0 Å². The molecule has 1 aliphatic heterocycles. The normalized spacial score (nSPS) is 19.6. The van der Waals surface area contributed by atoms with E-state index in [1.54, 1.807) is 0 Å². The fourth-order valence-corrected chi connectivity index (χ4v) is 1.21. The van der Waals surface area contributed by atoms with Gasteiger partial charge in [-0.05, 0) is 19.3 Å². The van der Waals surface area contributed by atoms with Crippen LogP contribution < -0.4 is 0 Å². The van der Waals surface area contributed by atoms with Crippen LogP contribution in [0.15, 0.2) is 4.99 Å². The molecule has 1 aliphatic rings. The molecule has 2 nitrogen and oxygen atoms in total. The summed E-state index contributed by atoms with van der Waals surface area (Å²) in [7, 11) is 0. The lowest BCUT2D eigenvalue weighted by Gasteiger charge is -2.05. The predicted molar refractivity (Wildman–Crippen MR) is 46.0 cm³/mol. The van der Waals surface area contributed by atoms with Crippen LogP contribution in [0.25, 0.3) is 0 Å². The molecular weight excluding hydrogens is 138 g/mol. The number of carbonyl (C=O) groups excluding carboxylic acids is 1. The van der Waals surface area contributed by atoms with Crippen LogP contribution in [-0.2, 0) is 4.79 Å². The molecule has 1 atom stereocenters. The number of Topliss-reactive ketones (excluding diaryl/α,β-unsaturated/α-hetero) is 1. The van der Waals surface area contributed by atoms with Gasteiger partial charge in [-0.15, -0.1) is 0 Å². The van der Waals surface area contributed by atoms with Crippen molar-refractivity contribution in [2.75, 3.05) is 6.54 Å². The summed E-state index contributed by atoms with van der Waals surface area (Å²) in [6.45, 7) is 4.87. The highest BCUT2D eigenvalue weighted by Crippen LogP contribution is 2.11. The van der Waals surface area contributed by atoms with Gasteiger partial charge in [0, 0.05) is 12.5 Å². The second kappa shape index (κ2) is 3.65. The predicted octanol–water partition coefficient (Wildman–Crippen LogP) is 1.84. The first-order valence-electron chi connectivity index (χ1n) is 4.33. The van der Waals surface area contributed by atoms with Gasteiger partial charge in [0.05, 0.1) is 5.71 Å². The molecular formula is C9H15NO. The van der Waals surface area contributed by atoms with Crippen molar-refractivity contribution in [1.82, 2.24) is 0 Å². The van der Waals surface area contributed by atoms with Crippen molar-refractivity contribution in [3.05, 3.63) is 0 Å². The monoisotopic (exact) mass is 153 g/mol. The highest BCUT2D eigenvalue weighted by molar-refractivity contribution is 6.40. The van der Waals surface area contributed by atoms with Crippen LogP contribution in [0, 0.1) is 5.92 Å². The van der Waals surface area contributed by atoms with Crippen molar-refractivity contribution in [2.45, 2.75) is 33.1 Å². The minimum absolute atomic E-state index is 0.173. The van der Waals surface area contributed by atoms with Gasteiger partial charge < -0.3 is 0 Å². The molecule has 11 heavy (non-hydrogen) atoms. The third kappa shape index (κ3) is 1.88. The summed E-state index contributed by atoms with van der Waals surface area (Å²) < 4.78 is 0. The van der Waals surface area contributed by atoms with Crippen molar-refractivity contribution in [2.24, 2.45) is 10.9 Å². The summed E-state index contributed by atoms with van der Waals surface area (Å²) in [6.07, 6.45) is 2.90. The number of hydrogen-bond acceptors (Lipinski definition) is 2. The number of rotatable bonds is 3. The zero-order valence-electron chi connectivity index (χ0n) is 7.26. The fourth-order valence-electron chi connectivity index (χ4n) is 1.21. The van der Waals surface area contributed by atoms with Gasteiger partial charge in [-0.3, -0.25) is 9.79 Å². The Morgan fingerprint density at radius 3 is 2.91 bits per heavy atom. The van der Waals surface area contributed by atoms with Crippen LogP contribution in [0.1, 0.15) is 33.1 Å². The van der Waals surface area contributed by atoms with E-state index in [1.807, 2.05) is 13.8 Å². The molecule has 0 aromatic carbocycles. The Hall–Kier alpha value is -0.660. The molecule has 0 radical (unpaired) electrons. The zero-order chi connectivity index (χ0) is 8.27. The molecule has 0 bridgehead atoms. The topological polar surface area (TPSA) is 29.4 Å². The molecule has 0 aromatic heterocycles. The molecule has 0 amide bonds. The average molecular weight is 153 g/mol. The second-order valence-electron chi connectivity index (χ2n) is 3.11. The summed E-state index contributed by atoms with van der Waals surface area (Å²) >= 11 is 0. The molecule has 0 N–H and O–H groups in total. The van der Waals surface area contributed by atoms with Gasteiger partial charge in [0.1, 0.15) is 0 Å². The van der Waals surface area contributed by atoms with Gasteiger partial charge in [0.25, 0.3) is 0 Å². The Morgan fingerprint density at radius 2 is 2.45 bits per heavy atom. The van der Waals surface area contributed by atoms with E-state index < -0.39 is 0 Å². The van der Waals surface area contributed by atoms with E-state index >= 15 is 0 Å². The van der Waals surface area contributed by atoms with Crippen molar-refractivity contribution >= 4 is 11.5 Å². The maximum absolute atomic E-state index is 11.4. The van der Waals surface area contributed by atoms with Crippen molar-refractivity contribution in [1.29, 1.82) is 0 Å². The molecule has 0 aliphatic carbocycles. The van der Waals surface area contributed by atoms with Crippen molar-refractivity contribution in [3.63, 3.8) is 0 Å². The van der Waals surface area contributed by atoms with Gasteiger partial charge in [0.15, 0.2) is 5.78 Å². The molecule has 1 rings (SSSR count). The van der Waals surface area contributed by atoms with Gasteiger partial charge >= 0.3 is 0 Å². The molecule has 0 saturated heterocycles. The molecule has 0 saturated carbocycles. The first kappa shape index (κ1) is 8.44. The lowest BCUT2D eigenvalue weighted by molar-refractivity contribution is -0.116. The third-order valence-electron chi connectivity index (χ3n) is 2.22. The minimum Gasteiger partial charge on any atom is -0.293 e. The van der Waals surface area contributed by atoms with Crippen LogP contribution in [0.5, 0.6) is 0 Å². The van der Waals surface area contributed by atoms with Crippen LogP contribution >= 0.6 is 0 Å². The third-order valence-corrected chi connectivity index (χ3v) is 2.22. The number of aliphatic imine (C=N–C) groups is 1.